The summed E-state index contributed by atoms with van der Waals surface area (Å²) in [4.78, 5) is 22.7. The van der Waals surface area contributed by atoms with Gasteiger partial charge in [0.05, 0.1) is 6.42 Å². The highest BCUT2D eigenvalue weighted by Crippen LogP contribution is 2.28. The summed E-state index contributed by atoms with van der Waals surface area (Å²) in [5, 5.41) is 21.1. The largest absolute Gasteiger partial charge is 0.508 e. The quantitative estimate of drug-likeness (QED) is 0.723. The van der Waals surface area contributed by atoms with E-state index in [0.29, 0.717) is 11.3 Å². The number of hydrogen-bond donors (Lipinski definition) is 3. The third kappa shape index (κ3) is 4.57. The lowest BCUT2D eigenvalue weighted by Crippen LogP contribution is -2.25. The second kappa shape index (κ2) is 5.94. The van der Waals surface area contributed by atoms with E-state index < -0.39 is 11.4 Å². The van der Waals surface area contributed by atoms with Crippen LogP contribution in [0.3, 0.4) is 0 Å². The van der Waals surface area contributed by atoms with Crippen molar-refractivity contribution in [2.24, 2.45) is 5.41 Å². The van der Waals surface area contributed by atoms with E-state index in [1.165, 1.54) is 0 Å². The molecule has 0 bridgehead atoms. The van der Waals surface area contributed by atoms with E-state index in [1.807, 2.05) is 0 Å². The summed E-state index contributed by atoms with van der Waals surface area (Å²) in [5.74, 6) is -0.962. The number of anilines is 1. The number of carboxylic acids is 1. The Morgan fingerprint density at radius 3 is 2.30 bits per heavy atom. The molecule has 0 atom stereocenters. The van der Waals surface area contributed by atoms with Gasteiger partial charge >= 0.3 is 5.97 Å². The number of hydrogen-bond acceptors (Lipinski definition) is 3. The summed E-state index contributed by atoms with van der Waals surface area (Å²) in [6, 6.07) is 3.29. The van der Waals surface area contributed by atoms with Crippen molar-refractivity contribution >= 4 is 17.6 Å². The fourth-order valence-corrected chi connectivity index (χ4v) is 2.04. The topological polar surface area (TPSA) is 86.6 Å². The number of benzene rings is 1. The molecule has 3 N–H and O–H groups in total. The summed E-state index contributed by atoms with van der Waals surface area (Å²) in [6.07, 6.45) is 0.0622. The first-order chi connectivity index (χ1) is 9.10. The molecule has 0 saturated heterocycles. The summed E-state index contributed by atoms with van der Waals surface area (Å²) < 4.78 is 0. The van der Waals surface area contributed by atoms with E-state index in [0.717, 1.165) is 5.56 Å². The van der Waals surface area contributed by atoms with Crippen LogP contribution in [0.2, 0.25) is 0 Å². The summed E-state index contributed by atoms with van der Waals surface area (Å²) >= 11 is 0. The SMILES string of the molecule is Cc1cc(NC(=O)CC(C)(C)CC(=O)O)c(C)cc1O. The Bertz CT molecular complexity index is 535. The van der Waals surface area contributed by atoms with E-state index in [4.69, 9.17) is 5.11 Å². The van der Waals surface area contributed by atoms with Crippen molar-refractivity contribution in [1.29, 1.82) is 0 Å². The van der Waals surface area contributed by atoms with Gasteiger partial charge in [0, 0.05) is 12.1 Å². The lowest BCUT2D eigenvalue weighted by atomic mass is 9.85. The predicted octanol–water partition coefficient (Wildman–Crippen LogP) is 2.84. The van der Waals surface area contributed by atoms with Crippen LogP contribution in [0.1, 0.15) is 37.8 Å². The lowest BCUT2D eigenvalue weighted by Gasteiger charge is -2.22. The minimum atomic E-state index is -0.917. The predicted molar refractivity (Wildman–Crippen MR) is 76.9 cm³/mol. The molecule has 5 nitrogen and oxygen atoms in total. The molecule has 0 radical (unpaired) electrons. The molecule has 1 amide bonds. The molecule has 0 unspecified atom stereocenters. The zero-order valence-electron chi connectivity index (χ0n) is 12.3. The number of phenolic OH excluding ortho intramolecular Hbond substituents is 1. The monoisotopic (exact) mass is 279 g/mol. The molecule has 0 fully saturated rings. The summed E-state index contributed by atoms with van der Waals surface area (Å²) in [6.45, 7) is 7.03. The number of carboxylic acid groups (broad SMARTS) is 1. The van der Waals surface area contributed by atoms with Crippen LogP contribution >= 0.6 is 0 Å². The summed E-state index contributed by atoms with van der Waals surface area (Å²) in [5.41, 5.74) is 1.47. The molecular weight excluding hydrogens is 258 g/mol. The Hall–Kier alpha value is -2.04. The van der Waals surface area contributed by atoms with Gasteiger partial charge in [-0.3, -0.25) is 9.59 Å². The fourth-order valence-electron chi connectivity index (χ4n) is 2.04. The van der Waals surface area contributed by atoms with Crippen molar-refractivity contribution in [3.63, 3.8) is 0 Å². The van der Waals surface area contributed by atoms with Gasteiger partial charge in [0.15, 0.2) is 0 Å². The molecule has 110 valence electrons. The van der Waals surface area contributed by atoms with Crippen LogP contribution in [0.4, 0.5) is 5.69 Å². The number of aryl methyl sites for hydroxylation is 2. The average molecular weight is 279 g/mol. The molecule has 0 spiro atoms. The first kappa shape index (κ1) is 16.0. The maximum absolute atomic E-state index is 12.0. The molecule has 1 rings (SSSR count). The standard InChI is InChI=1S/C15H21NO4/c1-9-6-12(17)10(2)5-11(9)16-13(18)7-15(3,4)8-14(19)20/h5-6,17H,7-8H2,1-4H3,(H,16,18)(H,19,20). The van der Waals surface area contributed by atoms with E-state index in [2.05, 4.69) is 5.32 Å². The molecule has 1 aromatic carbocycles. The van der Waals surface area contributed by atoms with Crippen molar-refractivity contribution in [2.45, 2.75) is 40.5 Å². The molecule has 0 aliphatic rings. The van der Waals surface area contributed by atoms with Gasteiger partial charge in [-0.05, 0) is 42.5 Å². The van der Waals surface area contributed by atoms with Crippen molar-refractivity contribution < 1.29 is 19.8 Å². The highest BCUT2D eigenvalue weighted by molar-refractivity contribution is 5.92. The number of rotatable bonds is 5. The Kier molecular flexibility index (Phi) is 4.76. The van der Waals surface area contributed by atoms with E-state index >= 15 is 0 Å². The Morgan fingerprint density at radius 2 is 1.75 bits per heavy atom. The van der Waals surface area contributed by atoms with Gasteiger partial charge in [-0.2, -0.15) is 0 Å². The van der Waals surface area contributed by atoms with Crippen LogP contribution in [0.5, 0.6) is 5.75 Å². The van der Waals surface area contributed by atoms with Gasteiger partial charge in [0.25, 0.3) is 0 Å². The zero-order chi connectivity index (χ0) is 15.5. The molecule has 0 aromatic heterocycles. The minimum Gasteiger partial charge on any atom is -0.508 e. The highest BCUT2D eigenvalue weighted by Gasteiger charge is 2.25. The van der Waals surface area contributed by atoms with Crippen LogP contribution in [0, 0.1) is 19.3 Å². The highest BCUT2D eigenvalue weighted by atomic mass is 16.4. The van der Waals surface area contributed by atoms with E-state index in [-0.39, 0.29) is 24.5 Å². The van der Waals surface area contributed by atoms with E-state index in [9.17, 15) is 14.7 Å². The summed E-state index contributed by atoms with van der Waals surface area (Å²) in [7, 11) is 0. The van der Waals surface area contributed by atoms with Crippen molar-refractivity contribution in [2.75, 3.05) is 5.32 Å². The third-order valence-corrected chi connectivity index (χ3v) is 3.09. The van der Waals surface area contributed by atoms with Crippen LogP contribution < -0.4 is 5.32 Å². The van der Waals surface area contributed by atoms with Gasteiger partial charge in [0.2, 0.25) is 5.91 Å². The molecule has 0 aliphatic heterocycles. The van der Waals surface area contributed by atoms with Crippen LogP contribution in [-0.4, -0.2) is 22.1 Å². The number of carbonyl (C=O) groups is 2. The van der Waals surface area contributed by atoms with Crippen LogP contribution in [-0.2, 0) is 9.59 Å². The molecule has 0 aliphatic carbocycles. The number of phenols is 1. The van der Waals surface area contributed by atoms with Gasteiger partial charge in [-0.15, -0.1) is 0 Å². The maximum atomic E-state index is 12.0. The number of aromatic hydroxyl groups is 1. The smallest absolute Gasteiger partial charge is 0.303 e. The number of aliphatic carboxylic acids is 1. The van der Waals surface area contributed by atoms with Gasteiger partial charge in [0.1, 0.15) is 5.75 Å². The Labute approximate surface area is 118 Å². The normalized spacial score (nSPS) is 11.2. The lowest BCUT2D eigenvalue weighted by molar-refractivity contribution is -0.139. The second-order valence-electron chi connectivity index (χ2n) is 5.91. The number of carbonyl (C=O) groups excluding carboxylic acids is 1. The fraction of sp³-hybridized carbons (Fsp3) is 0.467. The third-order valence-electron chi connectivity index (χ3n) is 3.09. The average Bonchev–Trinajstić information content (AvgIpc) is 2.22. The first-order valence-corrected chi connectivity index (χ1v) is 6.42. The molecular formula is C15H21NO4. The number of amides is 1. The Morgan fingerprint density at radius 1 is 1.15 bits per heavy atom. The van der Waals surface area contributed by atoms with Crippen molar-refractivity contribution in [1.82, 2.24) is 0 Å². The molecule has 1 aromatic rings. The number of nitrogens with one attached hydrogen (secondary N) is 1. The van der Waals surface area contributed by atoms with E-state index in [1.54, 1.807) is 39.8 Å². The van der Waals surface area contributed by atoms with Crippen LogP contribution in [0.25, 0.3) is 0 Å². The Balaban J connectivity index is 2.77. The molecule has 0 saturated carbocycles. The zero-order valence-corrected chi connectivity index (χ0v) is 12.3. The molecule has 20 heavy (non-hydrogen) atoms. The van der Waals surface area contributed by atoms with Crippen molar-refractivity contribution in [3.8, 4) is 5.75 Å². The first-order valence-electron chi connectivity index (χ1n) is 6.42. The second-order valence-corrected chi connectivity index (χ2v) is 5.91. The van der Waals surface area contributed by atoms with Gasteiger partial charge in [-0.1, -0.05) is 13.8 Å². The van der Waals surface area contributed by atoms with Crippen LogP contribution in [0.15, 0.2) is 12.1 Å². The minimum absolute atomic E-state index is 0.0615. The molecule has 5 heteroatoms. The van der Waals surface area contributed by atoms with Crippen molar-refractivity contribution in [3.05, 3.63) is 23.3 Å². The van der Waals surface area contributed by atoms with Gasteiger partial charge in [-0.25, -0.2) is 0 Å². The maximum Gasteiger partial charge on any atom is 0.303 e. The molecule has 0 heterocycles. The van der Waals surface area contributed by atoms with Gasteiger partial charge < -0.3 is 15.5 Å².